The Morgan fingerprint density at radius 3 is 2.63 bits per heavy atom. The Labute approximate surface area is 113 Å². The van der Waals surface area contributed by atoms with Crippen LogP contribution in [0.4, 0.5) is 0 Å². The smallest absolute Gasteiger partial charge is 0.217 e. The Morgan fingerprint density at radius 2 is 1.84 bits per heavy atom. The van der Waals surface area contributed by atoms with Crippen LogP contribution in [-0.2, 0) is 11.3 Å². The molecule has 0 fully saturated rings. The van der Waals surface area contributed by atoms with Gasteiger partial charge in [-0.05, 0) is 41.8 Å². The summed E-state index contributed by atoms with van der Waals surface area (Å²) in [6.07, 6.45) is 2.33. The minimum absolute atomic E-state index is 0.213. The van der Waals surface area contributed by atoms with Crippen LogP contribution in [0.2, 0.25) is 0 Å². The number of benzene rings is 2. The first-order valence-electron chi connectivity index (χ1n) is 6.72. The summed E-state index contributed by atoms with van der Waals surface area (Å²) >= 11 is 0. The van der Waals surface area contributed by atoms with Crippen LogP contribution < -0.4 is 11.1 Å². The van der Waals surface area contributed by atoms with E-state index in [1.807, 2.05) is 0 Å². The molecular formula is C16H20N2O. The van der Waals surface area contributed by atoms with Crippen LogP contribution in [0.5, 0.6) is 0 Å². The van der Waals surface area contributed by atoms with E-state index in [0.29, 0.717) is 6.42 Å². The molecule has 0 heterocycles. The molecule has 0 aromatic heterocycles. The van der Waals surface area contributed by atoms with Crippen molar-refractivity contribution >= 4 is 16.7 Å². The van der Waals surface area contributed by atoms with Crippen LogP contribution in [0.1, 0.15) is 24.8 Å². The maximum Gasteiger partial charge on any atom is 0.217 e. The number of nitrogens with two attached hydrogens (primary N) is 1. The number of nitrogens with one attached hydrogen (secondary N) is 1. The molecule has 3 heteroatoms. The fourth-order valence-electron chi connectivity index (χ4n) is 2.13. The molecular weight excluding hydrogens is 236 g/mol. The van der Waals surface area contributed by atoms with Crippen molar-refractivity contribution in [1.82, 2.24) is 5.32 Å². The lowest BCUT2D eigenvalue weighted by molar-refractivity contribution is -0.118. The molecule has 2 aromatic rings. The van der Waals surface area contributed by atoms with E-state index in [1.165, 1.54) is 16.3 Å². The molecule has 0 radical (unpaired) electrons. The summed E-state index contributed by atoms with van der Waals surface area (Å²) < 4.78 is 0. The molecule has 0 atom stereocenters. The molecule has 19 heavy (non-hydrogen) atoms. The third-order valence-corrected chi connectivity index (χ3v) is 3.17. The molecule has 0 saturated carbocycles. The number of primary amides is 1. The molecule has 3 N–H and O–H groups in total. The van der Waals surface area contributed by atoms with Gasteiger partial charge in [-0.25, -0.2) is 0 Å². The minimum atomic E-state index is -0.213. The first-order chi connectivity index (χ1) is 9.25. The standard InChI is InChI=1S/C16H20N2O/c17-16(19)7-3-4-10-18-12-13-8-9-14-5-1-2-6-15(14)11-13/h1-2,5-6,8-9,11,18H,3-4,7,10,12H2,(H2,17,19). The van der Waals surface area contributed by atoms with Gasteiger partial charge < -0.3 is 11.1 Å². The SMILES string of the molecule is NC(=O)CCCCNCc1ccc2ccccc2c1. The Bertz CT molecular complexity index is 551. The lowest BCUT2D eigenvalue weighted by atomic mass is 10.1. The molecule has 2 aromatic carbocycles. The number of rotatable bonds is 7. The Kier molecular flexibility index (Phi) is 4.93. The number of amides is 1. The quantitative estimate of drug-likeness (QED) is 0.748. The topological polar surface area (TPSA) is 55.1 Å². The third kappa shape index (κ3) is 4.38. The number of carbonyl (C=O) groups excluding carboxylic acids is 1. The van der Waals surface area contributed by atoms with Gasteiger partial charge in [-0.15, -0.1) is 0 Å². The number of carbonyl (C=O) groups is 1. The maximum absolute atomic E-state index is 10.6. The van der Waals surface area contributed by atoms with Crippen molar-refractivity contribution in [3.05, 3.63) is 48.0 Å². The van der Waals surface area contributed by atoms with Crippen LogP contribution in [0.3, 0.4) is 0 Å². The van der Waals surface area contributed by atoms with Gasteiger partial charge in [0.25, 0.3) is 0 Å². The zero-order valence-electron chi connectivity index (χ0n) is 11.1. The van der Waals surface area contributed by atoms with Gasteiger partial charge in [0.2, 0.25) is 5.91 Å². The fourth-order valence-corrected chi connectivity index (χ4v) is 2.13. The largest absolute Gasteiger partial charge is 0.370 e. The highest BCUT2D eigenvalue weighted by Crippen LogP contribution is 2.15. The lowest BCUT2D eigenvalue weighted by Gasteiger charge is -2.06. The second kappa shape index (κ2) is 6.90. The van der Waals surface area contributed by atoms with Gasteiger partial charge in [0, 0.05) is 13.0 Å². The van der Waals surface area contributed by atoms with Gasteiger partial charge in [-0.1, -0.05) is 36.4 Å². The zero-order valence-corrected chi connectivity index (χ0v) is 11.1. The van der Waals surface area contributed by atoms with E-state index >= 15 is 0 Å². The van der Waals surface area contributed by atoms with Crippen LogP contribution in [-0.4, -0.2) is 12.5 Å². The first-order valence-corrected chi connectivity index (χ1v) is 6.72. The van der Waals surface area contributed by atoms with Gasteiger partial charge >= 0.3 is 0 Å². The van der Waals surface area contributed by atoms with Gasteiger partial charge in [-0.2, -0.15) is 0 Å². The molecule has 0 bridgehead atoms. The molecule has 3 nitrogen and oxygen atoms in total. The van der Waals surface area contributed by atoms with Gasteiger partial charge in [0.15, 0.2) is 0 Å². The predicted molar refractivity (Wildman–Crippen MR) is 78.7 cm³/mol. The average Bonchev–Trinajstić information content (AvgIpc) is 2.42. The number of hydrogen-bond donors (Lipinski definition) is 2. The van der Waals surface area contributed by atoms with Gasteiger partial charge in [-0.3, -0.25) is 4.79 Å². The monoisotopic (exact) mass is 256 g/mol. The highest BCUT2D eigenvalue weighted by atomic mass is 16.1. The molecule has 2 rings (SSSR count). The van der Waals surface area contributed by atoms with Crippen molar-refractivity contribution < 1.29 is 4.79 Å². The van der Waals surface area contributed by atoms with E-state index in [-0.39, 0.29) is 5.91 Å². The van der Waals surface area contributed by atoms with E-state index in [0.717, 1.165) is 25.9 Å². The van der Waals surface area contributed by atoms with Crippen molar-refractivity contribution in [2.75, 3.05) is 6.54 Å². The molecule has 0 spiro atoms. The van der Waals surface area contributed by atoms with Crippen LogP contribution in [0, 0.1) is 0 Å². The highest BCUT2D eigenvalue weighted by Gasteiger charge is 1.97. The second-order valence-electron chi connectivity index (χ2n) is 4.78. The summed E-state index contributed by atoms with van der Waals surface area (Å²) in [5.74, 6) is -0.213. The van der Waals surface area contributed by atoms with Crippen molar-refractivity contribution in [2.24, 2.45) is 5.73 Å². The summed E-state index contributed by atoms with van der Waals surface area (Å²) in [7, 11) is 0. The third-order valence-electron chi connectivity index (χ3n) is 3.17. The summed E-state index contributed by atoms with van der Waals surface area (Å²) in [5, 5.41) is 5.93. The van der Waals surface area contributed by atoms with E-state index in [2.05, 4.69) is 47.8 Å². The number of fused-ring (bicyclic) bond motifs is 1. The average molecular weight is 256 g/mol. The molecule has 0 aliphatic rings. The summed E-state index contributed by atoms with van der Waals surface area (Å²) in [5.41, 5.74) is 6.38. The predicted octanol–water partition coefficient (Wildman–Crippen LogP) is 2.58. The first kappa shape index (κ1) is 13.6. The second-order valence-corrected chi connectivity index (χ2v) is 4.78. The fraction of sp³-hybridized carbons (Fsp3) is 0.312. The van der Waals surface area contributed by atoms with Gasteiger partial charge in [0.05, 0.1) is 0 Å². The normalized spacial score (nSPS) is 10.7. The molecule has 1 amide bonds. The van der Waals surface area contributed by atoms with Crippen molar-refractivity contribution in [1.29, 1.82) is 0 Å². The summed E-state index contributed by atoms with van der Waals surface area (Å²) in [6.45, 7) is 1.78. The van der Waals surface area contributed by atoms with E-state index in [9.17, 15) is 4.79 Å². The minimum Gasteiger partial charge on any atom is -0.370 e. The van der Waals surface area contributed by atoms with Crippen LogP contribution in [0.15, 0.2) is 42.5 Å². The Morgan fingerprint density at radius 1 is 1.05 bits per heavy atom. The molecule has 0 aliphatic carbocycles. The van der Waals surface area contributed by atoms with Crippen molar-refractivity contribution in [3.8, 4) is 0 Å². The molecule has 0 saturated heterocycles. The van der Waals surface area contributed by atoms with Crippen molar-refractivity contribution in [3.63, 3.8) is 0 Å². The lowest BCUT2D eigenvalue weighted by Crippen LogP contribution is -2.16. The van der Waals surface area contributed by atoms with E-state index in [1.54, 1.807) is 0 Å². The van der Waals surface area contributed by atoms with E-state index < -0.39 is 0 Å². The summed E-state index contributed by atoms with van der Waals surface area (Å²) in [4.78, 5) is 10.6. The molecule has 100 valence electrons. The van der Waals surface area contributed by atoms with Crippen LogP contribution >= 0.6 is 0 Å². The summed E-state index contributed by atoms with van der Waals surface area (Å²) in [6, 6.07) is 14.9. The number of unbranched alkanes of at least 4 members (excludes halogenated alkanes) is 1. The van der Waals surface area contributed by atoms with Crippen molar-refractivity contribution in [2.45, 2.75) is 25.8 Å². The number of hydrogen-bond acceptors (Lipinski definition) is 2. The van der Waals surface area contributed by atoms with Crippen LogP contribution in [0.25, 0.3) is 10.8 Å². The van der Waals surface area contributed by atoms with Gasteiger partial charge in [0.1, 0.15) is 0 Å². The Hall–Kier alpha value is -1.87. The zero-order chi connectivity index (χ0) is 13.5. The maximum atomic E-state index is 10.6. The van der Waals surface area contributed by atoms with E-state index in [4.69, 9.17) is 5.73 Å². The Balaban J connectivity index is 1.77. The molecule has 0 unspecified atom stereocenters. The highest BCUT2D eigenvalue weighted by molar-refractivity contribution is 5.82. The molecule has 0 aliphatic heterocycles.